The number of nitrogens with zero attached hydrogens (tertiary/aromatic N) is 1. The van der Waals surface area contributed by atoms with Crippen LogP contribution in [0.15, 0.2) is 35.9 Å². The van der Waals surface area contributed by atoms with Gasteiger partial charge >= 0.3 is 6.09 Å². The molecule has 0 aromatic heterocycles. The number of hydrogen-bond donors (Lipinski definition) is 1. The minimum absolute atomic E-state index is 0. The molecule has 5 heteroatoms. The first-order valence-electron chi connectivity index (χ1n) is 10.3. The van der Waals surface area contributed by atoms with Crippen LogP contribution in [0.4, 0.5) is 4.79 Å². The third-order valence-corrected chi connectivity index (χ3v) is 5.55. The van der Waals surface area contributed by atoms with Crippen LogP contribution >= 0.6 is 12.4 Å². The lowest BCUT2D eigenvalue weighted by Crippen LogP contribution is -2.47. The van der Waals surface area contributed by atoms with E-state index in [0.717, 1.165) is 25.9 Å². The van der Waals surface area contributed by atoms with E-state index < -0.39 is 5.60 Å². The van der Waals surface area contributed by atoms with Crippen molar-refractivity contribution in [3.8, 4) is 0 Å². The summed E-state index contributed by atoms with van der Waals surface area (Å²) in [6.45, 7) is 9.64. The van der Waals surface area contributed by atoms with Crippen LogP contribution in [-0.4, -0.2) is 41.8 Å². The van der Waals surface area contributed by atoms with Crippen LogP contribution in [-0.2, 0) is 4.74 Å². The number of nitrogens with one attached hydrogen (secondary N) is 1. The van der Waals surface area contributed by atoms with E-state index in [4.69, 9.17) is 4.74 Å². The second-order valence-electron chi connectivity index (χ2n) is 9.07. The number of likely N-dealkylation sites (tertiary alicyclic amines) is 1. The highest BCUT2D eigenvalue weighted by Gasteiger charge is 2.46. The topological polar surface area (TPSA) is 41.6 Å². The Balaban J connectivity index is 0.00000280. The highest BCUT2D eigenvalue weighted by molar-refractivity contribution is 5.85. The van der Waals surface area contributed by atoms with Gasteiger partial charge in [-0.25, -0.2) is 4.79 Å². The van der Waals surface area contributed by atoms with E-state index in [1.165, 1.54) is 24.0 Å². The fourth-order valence-electron chi connectivity index (χ4n) is 4.49. The van der Waals surface area contributed by atoms with Crippen molar-refractivity contribution < 1.29 is 9.53 Å². The van der Waals surface area contributed by atoms with Crippen molar-refractivity contribution in [3.05, 3.63) is 41.5 Å². The Hall–Kier alpha value is -1.52. The molecule has 2 unspecified atom stereocenters. The average Bonchev–Trinajstić information content (AvgIpc) is 3.14. The Bertz CT molecular complexity index is 669. The van der Waals surface area contributed by atoms with Gasteiger partial charge < -0.3 is 15.0 Å². The monoisotopic (exact) mass is 406 g/mol. The number of amides is 1. The maximum absolute atomic E-state index is 12.8. The third-order valence-electron chi connectivity index (χ3n) is 5.55. The molecule has 1 aromatic carbocycles. The standard InChI is InChI=1S/C23H34N2O2.ClH/c1-17(13-18-9-6-5-7-10-18)15-24-16-20-14-19-11-8-12-21(19)25(20)22(26)27-23(2,3)4;/h5-7,9-10,13,19-21,24H,8,11-12,14-16H2,1-4H3;1H/t19?,20-,21?;/m0./s1. The third kappa shape index (κ3) is 5.99. The summed E-state index contributed by atoms with van der Waals surface area (Å²) < 4.78 is 5.71. The number of halogens is 1. The van der Waals surface area contributed by atoms with Crippen LogP contribution in [0.3, 0.4) is 0 Å². The fourth-order valence-corrected chi connectivity index (χ4v) is 4.49. The molecule has 28 heavy (non-hydrogen) atoms. The number of hydrogen-bond acceptors (Lipinski definition) is 3. The smallest absolute Gasteiger partial charge is 0.410 e. The number of rotatable bonds is 5. The zero-order chi connectivity index (χ0) is 19.4. The summed E-state index contributed by atoms with van der Waals surface area (Å²) in [4.78, 5) is 14.9. The second kappa shape index (κ2) is 9.80. The normalized spacial score (nSPS) is 24.6. The van der Waals surface area contributed by atoms with E-state index in [1.807, 2.05) is 31.7 Å². The first kappa shape index (κ1) is 22.8. The van der Waals surface area contributed by atoms with Crippen LogP contribution in [0, 0.1) is 5.92 Å². The highest BCUT2D eigenvalue weighted by Crippen LogP contribution is 2.41. The quantitative estimate of drug-likeness (QED) is 0.723. The molecule has 0 radical (unpaired) electrons. The predicted octanol–water partition coefficient (Wildman–Crippen LogP) is 5.28. The molecule has 1 heterocycles. The molecular formula is C23H35ClN2O2. The number of carbonyl (C=O) groups is 1. The summed E-state index contributed by atoms with van der Waals surface area (Å²) in [7, 11) is 0. The molecule has 2 fully saturated rings. The summed E-state index contributed by atoms with van der Waals surface area (Å²) in [6, 6.07) is 11.0. The summed E-state index contributed by atoms with van der Waals surface area (Å²) in [5.41, 5.74) is 2.08. The van der Waals surface area contributed by atoms with Crippen LogP contribution in [0.2, 0.25) is 0 Å². The molecule has 1 saturated heterocycles. The molecule has 1 aromatic rings. The van der Waals surface area contributed by atoms with Gasteiger partial charge in [0.2, 0.25) is 0 Å². The first-order chi connectivity index (χ1) is 12.8. The second-order valence-corrected chi connectivity index (χ2v) is 9.07. The number of carbonyl (C=O) groups excluding carboxylic acids is 1. The van der Waals surface area contributed by atoms with E-state index in [2.05, 4.69) is 42.6 Å². The van der Waals surface area contributed by atoms with E-state index in [1.54, 1.807) is 0 Å². The molecule has 156 valence electrons. The molecule has 1 aliphatic carbocycles. The van der Waals surface area contributed by atoms with Crippen LogP contribution in [0.25, 0.3) is 6.08 Å². The Morgan fingerprint density at radius 3 is 2.64 bits per heavy atom. The van der Waals surface area contributed by atoms with Gasteiger partial charge in [0.05, 0.1) is 0 Å². The molecule has 3 atom stereocenters. The van der Waals surface area contributed by atoms with Crippen LogP contribution < -0.4 is 5.32 Å². The summed E-state index contributed by atoms with van der Waals surface area (Å²) in [5.74, 6) is 0.644. The van der Waals surface area contributed by atoms with Gasteiger partial charge in [-0.1, -0.05) is 48.4 Å². The van der Waals surface area contributed by atoms with Crippen molar-refractivity contribution >= 4 is 24.6 Å². The number of ether oxygens (including phenoxy) is 1. The van der Waals surface area contributed by atoms with Crippen molar-refractivity contribution in [2.45, 2.75) is 71.1 Å². The number of fused-ring (bicyclic) bond motifs is 1. The molecule has 0 bridgehead atoms. The molecule has 2 aliphatic rings. The van der Waals surface area contributed by atoms with Crippen LogP contribution in [0.5, 0.6) is 0 Å². The summed E-state index contributed by atoms with van der Waals surface area (Å²) >= 11 is 0. The molecule has 1 saturated carbocycles. The lowest BCUT2D eigenvalue weighted by atomic mass is 10.0. The Morgan fingerprint density at radius 1 is 1.25 bits per heavy atom. The maximum Gasteiger partial charge on any atom is 0.410 e. The van der Waals surface area contributed by atoms with Crippen molar-refractivity contribution in [1.82, 2.24) is 10.2 Å². The van der Waals surface area contributed by atoms with Gasteiger partial charge in [0.1, 0.15) is 5.60 Å². The lowest BCUT2D eigenvalue weighted by Gasteiger charge is -2.32. The number of benzene rings is 1. The van der Waals surface area contributed by atoms with E-state index in [9.17, 15) is 4.79 Å². The molecule has 0 spiro atoms. The van der Waals surface area contributed by atoms with Crippen molar-refractivity contribution in [3.63, 3.8) is 0 Å². The van der Waals surface area contributed by atoms with Gasteiger partial charge in [-0.2, -0.15) is 0 Å². The van der Waals surface area contributed by atoms with Crippen molar-refractivity contribution in [1.29, 1.82) is 0 Å². The van der Waals surface area contributed by atoms with Gasteiger partial charge in [0.25, 0.3) is 0 Å². The van der Waals surface area contributed by atoms with Crippen molar-refractivity contribution in [2.75, 3.05) is 13.1 Å². The van der Waals surface area contributed by atoms with Crippen LogP contribution in [0.1, 0.15) is 58.9 Å². The molecule has 1 amide bonds. The predicted molar refractivity (Wildman–Crippen MR) is 118 cm³/mol. The Labute approximate surface area is 176 Å². The highest BCUT2D eigenvalue weighted by atomic mass is 35.5. The molecular weight excluding hydrogens is 372 g/mol. The van der Waals surface area contributed by atoms with E-state index >= 15 is 0 Å². The van der Waals surface area contributed by atoms with Gasteiger partial charge in [-0.05, 0) is 58.4 Å². The molecule has 4 nitrogen and oxygen atoms in total. The van der Waals surface area contributed by atoms with Gasteiger partial charge in [-0.15, -0.1) is 12.4 Å². The summed E-state index contributed by atoms with van der Waals surface area (Å²) in [6.07, 6.45) is 6.76. The van der Waals surface area contributed by atoms with Crippen molar-refractivity contribution in [2.24, 2.45) is 5.92 Å². The average molecular weight is 407 g/mol. The largest absolute Gasteiger partial charge is 0.444 e. The SMILES string of the molecule is CC(=Cc1ccccc1)CNC[C@@H]1CC2CCCC2N1C(=O)OC(C)(C)C.Cl. The zero-order valence-corrected chi connectivity index (χ0v) is 18.4. The minimum atomic E-state index is -0.444. The maximum atomic E-state index is 12.8. The minimum Gasteiger partial charge on any atom is -0.444 e. The van der Waals surface area contributed by atoms with Gasteiger partial charge in [0, 0.05) is 25.2 Å². The van der Waals surface area contributed by atoms with Gasteiger partial charge in [0.15, 0.2) is 0 Å². The fraction of sp³-hybridized carbons (Fsp3) is 0.609. The summed E-state index contributed by atoms with van der Waals surface area (Å²) in [5, 5.41) is 3.57. The first-order valence-corrected chi connectivity index (χ1v) is 10.3. The Morgan fingerprint density at radius 2 is 1.96 bits per heavy atom. The molecule has 3 rings (SSSR count). The Kier molecular flexibility index (Phi) is 7.97. The molecule has 1 aliphatic heterocycles. The lowest BCUT2D eigenvalue weighted by molar-refractivity contribution is 0.0140. The van der Waals surface area contributed by atoms with E-state index in [0.29, 0.717) is 12.0 Å². The molecule has 1 N–H and O–H groups in total. The van der Waals surface area contributed by atoms with E-state index in [-0.39, 0.29) is 24.5 Å². The zero-order valence-electron chi connectivity index (χ0n) is 17.6. The van der Waals surface area contributed by atoms with Gasteiger partial charge in [-0.3, -0.25) is 0 Å².